The average Bonchev–Trinajstić information content (AvgIpc) is 2.29. The number of rotatable bonds is 0. The van der Waals surface area contributed by atoms with Gasteiger partial charge in [-0.2, -0.15) is 0 Å². The lowest BCUT2D eigenvalue weighted by molar-refractivity contribution is 0.475. The van der Waals surface area contributed by atoms with Crippen molar-refractivity contribution in [2.24, 2.45) is 0 Å². The van der Waals surface area contributed by atoms with Crippen LogP contribution in [0.1, 0.15) is 0 Å². The number of phenolic OH excluding ortho intramolecular Hbond substituents is 1. The van der Waals surface area contributed by atoms with Crippen molar-refractivity contribution in [2.45, 2.75) is 0 Å². The van der Waals surface area contributed by atoms with Crippen molar-refractivity contribution in [1.29, 1.82) is 0 Å². The molecule has 0 saturated carbocycles. The van der Waals surface area contributed by atoms with Crippen LogP contribution >= 0.6 is 46.4 Å². The molecule has 17 heavy (non-hydrogen) atoms. The van der Waals surface area contributed by atoms with Crippen LogP contribution in [0.2, 0.25) is 20.1 Å². The summed E-state index contributed by atoms with van der Waals surface area (Å²) in [4.78, 5) is 0. The van der Waals surface area contributed by atoms with Gasteiger partial charge in [-0.3, -0.25) is 0 Å². The lowest BCUT2D eigenvalue weighted by Crippen LogP contribution is -1.66. The zero-order valence-corrected chi connectivity index (χ0v) is 11.5. The molecule has 0 aliphatic heterocycles. The van der Waals surface area contributed by atoms with Crippen LogP contribution in [0.5, 0.6) is 5.75 Å². The molecule has 0 saturated heterocycles. The van der Waals surface area contributed by atoms with E-state index in [1.165, 1.54) is 6.07 Å². The standard InChI is InChI=1S/C6H4Cl2O.C6H4Cl2/c7-4-1-2-5(8)6(9)3-4;7-5-1-2-6(8)4-3-5/h1-3,9H;1-4H. The van der Waals surface area contributed by atoms with Crippen LogP contribution < -0.4 is 0 Å². The van der Waals surface area contributed by atoms with Gasteiger partial charge in [0.05, 0.1) is 5.02 Å². The number of phenols is 1. The van der Waals surface area contributed by atoms with Crippen molar-refractivity contribution in [3.8, 4) is 5.75 Å². The van der Waals surface area contributed by atoms with Crippen molar-refractivity contribution in [3.63, 3.8) is 0 Å². The van der Waals surface area contributed by atoms with E-state index >= 15 is 0 Å². The molecule has 90 valence electrons. The number of aromatic hydroxyl groups is 1. The minimum Gasteiger partial charge on any atom is -0.506 e. The van der Waals surface area contributed by atoms with Gasteiger partial charge in [0.25, 0.3) is 0 Å². The summed E-state index contributed by atoms with van der Waals surface area (Å²) >= 11 is 22.1. The Balaban J connectivity index is 0.000000171. The summed E-state index contributed by atoms with van der Waals surface area (Å²) in [6, 6.07) is 11.6. The minimum absolute atomic E-state index is 0.0177. The first kappa shape index (κ1) is 14.5. The average molecular weight is 310 g/mol. The van der Waals surface area contributed by atoms with E-state index in [0.29, 0.717) is 10.0 Å². The predicted octanol–water partition coefficient (Wildman–Crippen LogP) is 5.69. The summed E-state index contributed by atoms with van der Waals surface area (Å²) in [6.07, 6.45) is 0. The summed E-state index contributed by atoms with van der Waals surface area (Å²) in [7, 11) is 0. The van der Waals surface area contributed by atoms with Gasteiger partial charge < -0.3 is 5.11 Å². The van der Waals surface area contributed by atoms with Crippen LogP contribution in [0.25, 0.3) is 0 Å². The molecule has 1 nitrogen and oxygen atoms in total. The highest BCUT2D eigenvalue weighted by Gasteiger charge is 1.95. The Morgan fingerprint density at radius 1 is 0.647 bits per heavy atom. The Labute approximate surface area is 120 Å². The fourth-order valence-corrected chi connectivity index (χ4v) is 1.45. The minimum atomic E-state index is 0.0177. The molecule has 2 aromatic rings. The summed E-state index contributed by atoms with van der Waals surface area (Å²) in [6.45, 7) is 0. The lowest BCUT2D eigenvalue weighted by Gasteiger charge is -1.93. The molecule has 2 rings (SSSR count). The second-order valence-electron chi connectivity index (χ2n) is 3.03. The number of halogens is 4. The Kier molecular flexibility index (Phi) is 5.93. The van der Waals surface area contributed by atoms with E-state index in [-0.39, 0.29) is 5.75 Å². The maximum Gasteiger partial charge on any atom is 0.135 e. The normalized spacial score (nSPS) is 9.41. The van der Waals surface area contributed by atoms with E-state index in [1.807, 2.05) is 0 Å². The third-order valence-corrected chi connectivity index (χ3v) is 2.77. The molecule has 0 aliphatic rings. The zero-order chi connectivity index (χ0) is 12.8. The van der Waals surface area contributed by atoms with Crippen molar-refractivity contribution >= 4 is 46.4 Å². The molecular formula is C12H8Cl4O. The molecule has 0 unspecified atom stereocenters. The molecule has 2 aromatic carbocycles. The summed E-state index contributed by atoms with van der Waals surface area (Å²) in [5.41, 5.74) is 0. The van der Waals surface area contributed by atoms with Crippen molar-refractivity contribution in [2.75, 3.05) is 0 Å². The number of benzene rings is 2. The van der Waals surface area contributed by atoms with Gasteiger partial charge >= 0.3 is 0 Å². The van der Waals surface area contributed by atoms with E-state index in [2.05, 4.69) is 0 Å². The molecule has 0 bridgehead atoms. The van der Waals surface area contributed by atoms with Crippen LogP contribution in [0.3, 0.4) is 0 Å². The Hall–Kier alpha value is -0.600. The Morgan fingerprint density at radius 3 is 1.41 bits per heavy atom. The third-order valence-electron chi connectivity index (χ3n) is 1.71. The maximum atomic E-state index is 8.88. The summed E-state index contributed by atoms with van der Waals surface area (Å²) in [5, 5.41) is 11.1. The predicted molar refractivity (Wildman–Crippen MR) is 74.6 cm³/mol. The van der Waals surface area contributed by atoms with Gasteiger partial charge in [0.2, 0.25) is 0 Å². The van der Waals surface area contributed by atoms with Gasteiger partial charge in [-0.25, -0.2) is 0 Å². The summed E-state index contributed by atoms with van der Waals surface area (Å²) in [5.74, 6) is 0.0177. The Bertz CT molecular complexity index is 461. The molecule has 0 spiro atoms. The fraction of sp³-hybridized carbons (Fsp3) is 0. The van der Waals surface area contributed by atoms with Crippen LogP contribution in [0, 0.1) is 0 Å². The van der Waals surface area contributed by atoms with Crippen molar-refractivity contribution in [1.82, 2.24) is 0 Å². The molecular weight excluding hydrogens is 302 g/mol. The number of hydrogen-bond donors (Lipinski definition) is 1. The first-order valence-corrected chi connectivity index (χ1v) is 6.05. The molecule has 0 amide bonds. The smallest absolute Gasteiger partial charge is 0.135 e. The largest absolute Gasteiger partial charge is 0.506 e. The quantitative estimate of drug-likeness (QED) is 0.662. The van der Waals surface area contributed by atoms with Crippen LogP contribution in [0.15, 0.2) is 42.5 Å². The second kappa shape index (κ2) is 6.97. The molecule has 0 radical (unpaired) electrons. The first-order chi connectivity index (χ1) is 7.99. The van der Waals surface area contributed by atoms with Gasteiger partial charge in [0.15, 0.2) is 0 Å². The molecule has 0 fully saturated rings. The first-order valence-electron chi connectivity index (χ1n) is 4.54. The Morgan fingerprint density at radius 2 is 1.06 bits per heavy atom. The van der Waals surface area contributed by atoms with E-state index < -0.39 is 0 Å². The van der Waals surface area contributed by atoms with Gasteiger partial charge in [0, 0.05) is 21.1 Å². The highest BCUT2D eigenvalue weighted by Crippen LogP contribution is 2.25. The molecule has 5 heteroatoms. The molecule has 1 N–H and O–H groups in total. The van der Waals surface area contributed by atoms with Gasteiger partial charge in [-0.05, 0) is 36.4 Å². The van der Waals surface area contributed by atoms with Crippen molar-refractivity contribution < 1.29 is 5.11 Å². The van der Waals surface area contributed by atoms with Crippen LogP contribution in [-0.2, 0) is 0 Å². The van der Waals surface area contributed by atoms with Crippen LogP contribution in [-0.4, -0.2) is 5.11 Å². The second-order valence-corrected chi connectivity index (χ2v) is 4.75. The molecule has 0 aromatic heterocycles. The lowest BCUT2D eigenvalue weighted by atomic mass is 10.3. The highest BCUT2D eigenvalue weighted by atomic mass is 35.5. The highest BCUT2D eigenvalue weighted by molar-refractivity contribution is 6.34. The van der Waals surface area contributed by atoms with Gasteiger partial charge in [-0.1, -0.05) is 46.4 Å². The van der Waals surface area contributed by atoms with Crippen molar-refractivity contribution in [3.05, 3.63) is 62.6 Å². The number of hydrogen-bond acceptors (Lipinski definition) is 1. The molecule has 0 heterocycles. The SMILES string of the molecule is Clc1ccc(Cl)cc1.Oc1cc(Cl)ccc1Cl. The zero-order valence-electron chi connectivity index (χ0n) is 8.50. The molecule has 0 atom stereocenters. The molecule has 0 aliphatic carbocycles. The van der Waals surface area contributed by atoms with E-state index in [0.717, 1.165) is 10.0 Å². The van der Waals surface area contributed by atoms with E-state index in [1.54, 1.807) is 36.4 Å². The summed E-state index contributed by atoms with van der Waals surface area (Å²) < 4.78 is 0. The monoisotopic (exact) mass is 308 g/mol. The van der Waals surface area contributed by atoms with E-state index in [9.17, 15) is 0 Å². The van der Waals surface area contributed by atoms with Gasteiger partial charge in [0.1, 0.15) is 5.75 Å². The van der Waals surface area contributed by atoms with Crippen LogP contribution in [0.4, 0.5) is 0 Å². The van der Waals surface area contributed by atoms with Gasteiger partial charge in [-0.15, -0.1) is 0 Å². The topological polar surface area (TPSA) is 20.2 Å². The fourth-order valence-electron chi connectivity index (χ4n) is 0.915. The van der Waals surface area contributed by atoms with E-state index in [4.69, 9.17) is 51.5 Å². The third kappa shape index (κ3) is 5.51. The maximum absolute atomic E-state index is 8.88.